The van der Waals surface area contributed by atoms with Crippen LogP contribution < -0.4 is 14.8 Å². The molecule has 1 amide bonds. The van der Waals surface area contributed by atoms with E-state index in [1.807, 2.05) is 6.07 Å². The Bertz CT molecular complexity index is 1060. The number of anilines is 1. The lowest BCUT2D eigenvalue weighted by atomic mass is 10.2. The van der Waals surface area contributed by atoms with Gasteiger partial charge in [0.05, 0.1) is 30.7 Å². The minimum Gasteiger partial charge on any atom is -0.493 e. The van der Waals surface area contributed by atoms with Crippen molar-refractivity contribution in [3.63, 3.8) is 0 Å². The first-order valence-electron chi connectivity index (χ1n) is 8.58. The monoisotopic (exact) mass is 410 g/mol. The van der Waals surface area contributed by atoms with E-state index in [2.05, 4.69) is 15.5 Å². The summed E-state index contributed by atoms with van der Waals surface area (Å²) in [7, 11) is 3.10. The summed E-state index contributed by atoms with van der Waals surface area (Å²) >= 11 is 1.13. The fourth-order valence-corrected chi connectivity index (χ4v) is 3.16. The molecule has 0 radical (unpaired) electrons. The van der Waals surface area contributed by atoms with Gasteiger partial charge in [-0.25, -0.2) is 0 Å². The molecule has 0 bridgehead atoms. The van der Waals surface area contributed by atoms with E-state index in [0.717, 1.165) is 11.8 Å². The zero-order chi connectivity index (χ0) is 20.8. The molecular weight excluding hydrogens is 392 g/mol. The van der Waals surface area contributed by atoms with Crippen LogP contribution in [0.2, 0.25) is 0 Å². The lowest BCUT2D eigenvalue weighted by molar-refractivity contribution is -0.115. The minimum absolute atomic E-state index is 0.256. The first-order chi connectivity index (χ1) is 14.0. The Morgan fingerprint density at radius 3 is 2.66 bits per heavy atom. The molecule has 1 atom stereocenters. The molecule has 0 aliphatic carbocycles. The second kappa shape index (κ2) is 9.12. The highest BCUT2D eigenvalue weighted by atomic mass is 32.2. The maximum absolute atomic E-state index is 12.5. The second-order valence-corrected chi connectivity index (χ2v) is 7.14. The highest BCUT2D eigenvalue weighted by molar-refractivity contribution is 8.00. The molecular formula is C20H18N4O4S. The smallest absolute Gasteiger partial charge is 0.277 e. The average Bonchev–Trinajstić information content (AvgIpc) is 3.21. The van der Waals surface area contributed by atoms with E-state index in [0.29, 0.717) is 34.2 Å². The lowest BCUT2D eigenvalue weighted by Crippen LogP contribution is -2.22. The maximum atomic E-state index is 12.5. The maximum Gasteiger partial charge on any atom is 0.277 e. The summed E-state index contributed by atoms with van der Waals surface area (Å²) in [5, 5.41) is 19.6. The third-order valence-electron chi connectivity index (χ3n) is 3.99. The Kier molecular flexibility index (Phi) is 6.36. The molecule has 3 rings (SSSR count). The number of aromatic nitrogens is 2. The van der Waals surface area contributed by atoms with Gasteiger partial charge in [0, 0.05) is 5.56 Å². The molecule has 1 aromatic heterocycles. The van der Waals surface area contributed by atoms with E-state index in [1.165, 1.54) is 0 Å². The van der Waals surface area contributed by atoms with Crippen LogP contribution in [-0.2, 0) is 4.79 Å². The topological polar surface area (TPSA) is 110 Å². The van der Waals surface area contributed by atoms with E-state index < -0.39 is 5.25 Å². The molecule has 0 aliphatic heterocycles. The van der Waals surface area contributed by atoms with Gasteiger partial charge in [-0.1, -0.05) is 23.9 Å². The van der Waals surface area contributed by atoms with Crippen molar-refractivity contribution >= 4 is 23.4 Å². The summed E-state index contributed by atoms with van der Waals surface area (Å²) in [6.45, 7) is 1.72. The minimum atomic E-state index is -0.513. The number of hydrogen-bond acceptors (Lipinski definition) is 8. The van der Waals surface area contributed by atoms with Crippen molar-refractivity contribution in [1.82, 2.24) is 10.2 Å². The van der Waals surface area contributed by atoms with Crippen LogP contribution in [-0.4, -0.2) is 35.6 Å². The molecule has 3 aromatic rings. The number of nitrogens with zero attached hydrogens (tertiary/aromatic N) is 3. The number of nitrogens with one attached hydrogen (secondary N) is 1. The van der Waals surface area contributed by atoms with Gasteiger partial charge in [-0.05, 0) is 37.3 Å². The molecule has 9 heteroatoms. The van der Waals surface area contributed by atoms with Crippen molar-refractivity contribution in [3.05, 3.63) is 48.0 Å². The molecule has 0 saturated carbocycles. The number of amides is 1. The number of hydrogen-bond donors (Lipinski definition) is 1. The molecule has 8 nitrogen and oxygen atoms in total. The molecule has 0 saturated heterocycles. The summed E-state index contributed by atoms with van der Waals surface area (Å²) in [4.78, 5) is 12.5. The highest BCUT2D eigenvalue weighted by Gasteiger charge is 2.20. The van der Waals surface area contributed by atoms with Crippen molar-refractivity contribution in [3.8, 4) is 29.0 Å². The Morgan fingerprint density at radius 2 is 1.93 bits per heavy atom. The van der Waals surface area contributed by atoms with Gasteiger partial charge in [0.1, 0.15) is 6.07 Å². The standard InChI is InChI=1S/C20H18N4O4S/c1-12(18(25)22-15-7-5-4-6-14(15)11-21)29-20-24-23-19(28-20)13-8-9-16(26-2)17(10-13)27-3/h4-10,12H,1-3H3,(H,22,25)/t12-/m0/s1. The van der Waals surface area contributed by atoms with Gasteiger partial charge in [0.15, 0.2) is 11.5 Å². The van der Waals surface area contributed by atoms with Crippen molar-refractivity contribution in [2.45, 2.75) is 17.4 Å². The highest BCUT2D eigenvalue weighted by Crippen LogP contribution is 2.33. The number of para-hydroxylation sites is 1. The van der Waals surface area contributed by atoms with Crippen LogP contribution in [0.3, 0.4) is 0 Å². The van der Waals surface area contributed by atoms with E-state index in [-0.39, 0.29) is 11.1 Å². The van der Waals surface area contributed by atoms with Crippen LogP contribution in [0.25, 0.3) is 11.5 Å². The lowest BCUT2D eigenvalue weighted by Gasteiger charge is -2.10. The van der Waals surface area contributed by atoms with Crippen LogP contribution in [0.4, 0.5) is 5.69 Å². The molecule has 0 unspecified atom stereocenters. The van der Waals surface area contributed by atoms with Crippen LogP contribution in [0.15, 0.2) is 52.1 Å². The third-order valence-corrected chi connectivity index (χ3v) is 4.92. The number of thioether (sulfide) groups is 1. The number of carbonyl (C=O) groups is 1. The average molecular weight is 410 g/mol. The van der Waals surface area contributed by atoms with Crippen molar-refractivity contribution < 1.29 is 18.7 Å². The summed E-state index contributed by atoms with van der Waals surface area (Å²) in [5.41, 5.74) is 1.53. The number of benzene rings is 2. The largest absolute Gasteiger partial charge is 0.493 e. The van der Waals surface area contributed by atoms with E-state index in [9.17, 15) is 4.79 Å². The molecule has 0 fully saturated rings. The van der Waals surface area contributed by atoms with Crippen LogP contribution in [0, 0.1) is 11.3 Å². The van der Waals surface area contributed by atoms with Crippen molar-refractivity contribution in [1.29, 1.82) is 5.26 Å². The van der Waals surface area contributed by atoms with Gasteiger partial charge >= 0.3 is 0 Å². The normalized spacial score (nSPS) is 11.4. The number of nitriles is 1. The Labute approximate surface area is 171 Å². The summed E-state index contributed by atoms with van der Waals surface area (Å²) < 4.78 is 16.2. The van der Waals surface area contributed by atoms with Crippen molar-refractivity contribution in [2.24, 2.45) is 0 Å². The zero-order valence-electron chi connectivity index (χ0n) is 16.0. The predicted molar refractivity (Wildman–Crippen MR) is 108 cm³/mol. The van der Waals surface area contributed by atoms with Gasteiger partial charge in [-0.3, -0.25) is 4.79 Å². The number of methoxy groups -OCH3 is 2. The number of rotatable bonds is 7. The predicted octanol–water partition coefficient (Wildman–Crippen LogP) is 3.74. The first kappa shape index (κ1) is 20.2. The van der Waals surface area contributed by atoms with Gasteiger partial charge in [0.2, 0.25) is 11.8 Å². The molecule has 1 heterocycles. The molecule has 29 heavy (non-hydrogen) atoms. The van der Waals surface area contributed by atoms with Gasteiger partial charge in [-0.2, -0.15) is 5.26 Å². The quantitative estimate of drug-likeness (QED) is 0.587. The Hall–Kier alpha value is -3.51. The molecule has 0 spiro atoms. The number of ether oxygens (including phenoxy) is 2. The van der Waals surface area contributed by atoms with Crippen LogP contribution >= 0.6 is 11.8 Å². The Morgan fingerprint density at radius 1 is 1.17 bits per heavy atom. The fraction of sp³-hybridized carbons (Fsp3) is 0.200. The van der Waals surface area contributed by atoms with E-state index in [4.69, 9.17) is 19.2 Å². The zero-order valence-corrected chi connectivity index (χ0v) is 16.8. The van der Waals surface area contributed by atoms with E-state index >= 15 is 0 Å². The first-order valence-corrected chi connectivity index (χ1v) is 9.46. The summed E-state index contributed by atoms with van der Waals surface area (Å²) in [6, 6.07) is 14.1. The molecule has 0 aliphatic rings. The molecule has 1 N–H and O–H groups in total. The van der Waals surface area contributed by atoms with Crippen molar-refractivity contribution in [2.75, 3.05) is 19.5 Å². The fourth-order valence-electron chi connectivity index (χ4n) is 2.47. The summed E-state index contributed by atoms with van der Waals surface area (Å²) in [6.07, 6.45) is 0. The summed E-state index contributed by atoms with van der Waals surface area (Å²) in [5.74, 6) is 1.16. The molecule has 148 valence electrons. The van der Waals surface area contributed by atoms with E-state index in [1.54, 1.807) is 63.6 Å². The number of carbonyl (C=O) groups excluding carboxylic acids is 1. The SMILES string of the molecule is COc1ccc(-c2nnc(S[C@@H](C)C(=O)Nc3ccccc3C#N)o2)cc1OC. The van der Waals surface area contributed by atoms with Crippen LogP contribution in [0.1, 0.15) is 12.5 Å². The second-order valence-electron chi connectivity index (χ2n) is 5.85. The van der Waals surface area contributed by atoms with Gasteiger partial charge < -0.3 is 19.2 Å². The van der Waals surface area contributed by atoms with Crippen LogP contribution in [0.5, 0.6) is 11.5 Å². The van der Waals surface area contributed by atoms with Gasteiger partial charge in [-0.15, -0.1) is 10.2 Å². The van der Waals surface area contributed by atoms with Gasteiger partial charge in [0.25, 0.3) is 5.22 Å². The third kappa shape index (κ3) is 4.67. The molecule has 2 aromatic carbocycles. The Balaban J connectivity index is 1.69.